The molecular weight excluding hydrogens is 284 g/mol. The Labute approximate surface area is 139 Å². The summed E-state index contributed by atoms with van der Waals surface area (Å²) in [4.78, 5) is 0. The van der Waals surface area contributed by atoms with Gasteiger partial charge in [0.2, 0.25) is 0 Å². The van der Waals surface area contributed by atoms with E-state index < -0.39 is 8.32 Å². The Morgan fingerprint density at radius 1 is 0.909 bits per heavy atom. The van der Waals surface area contributed by atoms with Gasteiger partial charge in [-0.2, -0.15) is 0 Å². The van der Waals surface area contributed by atoms with Gasteiger partial charge in [-0.05, 0) is 42.8 Å². The molecule has 0 aromatic carbocycles. The Morgan fingerprint density at radius 3 is 1.73 bits per heavy atom. The highest BCUT2D eigenvalue weighted by Gasteiger charge is 2.51. The van der Waals surface area contributed by atoms with Crippen LogP contribution < -0.4 is 0 Å². The molecule has 2 rings (SSSR count). The second-order valence-corrected chi connectivity index (χ2v) is 13.7. The van der Waals surface area contributed by atoms with Crippen LogP contribution in [0.3, 0.4) is 0 Å². The number of fused-ring (bicyclic) bond motifs is 1. The first-order chi connectivity index (χ1) is 10.2. The fourth-order valence-electron chi connectivity index (χ4n) is 4.36. The Morgan fingerprint density at radius 2 is 1.36 bits per heavy atom. The predicted octanol–water partition coefficient (Wildman–Crippen LogP) is 6.19. The lowest BCUT2D eigenvalue weighted by atomic mass is 9.83. The van der Waals surface area contributed by atoms with Crippen molar-refractivity contribution in [2.75, 3.05) is 0 Å². The fraction of sp³-hybridized carbons (Fsp3) is 0.800. The van der Waals surface area contributed by atoms with Crippen LogP contribution >= 0.6 is 0 Å². The molecule has 0 spiro atoms. The number of hydrogen-bond donors (Lipinski definition) is 0. The summed E-state index contributed by atoms with van der Waals surface area (Å²) in [6.07, 6.45) is 11.6. The van der Waals surface area contributed by atoms with Crippen molar-refractivity contribution in [2.45, 2.75) is 77.1 Å². The highest BCUT2D eigenvalue weighted by atomic mass is 28.4. The minimum Gasteiger partial charge on any atom is -0.413 e. The van der Waals surface area contributed by atoms with Crippen molar-refractivity contribution in [1.29, 1.82) is 0 Å². The third-order valence-corrected chi connectivity index (χ3v) is 11.1. The van der Waals surface area contributed by atoms with Crippen molar-refractivity contribution in [3.05, 3.63) is 25.3 Å². The summed E-state index contributed by atoms with van der Waals surface area (Å²) in [5, 5.41) is 0.259. The van der Waals surface area contributed by atoms with Crippen molar-refractivity contribution in [3.8, 4) is 0 Å². The molecule has 1 unspecified atom stereocenters. The Kier molecular flexibility index (Phi) is 5.44. The normalized spacial score (nSPS) is 36.5. The van der Waals surface area contributed by atoms with E-state index in [1.807, 2.05) is 0 Å². The molecule has 22 heavy (non-hydrogen) atoms. The lowest BCUT2D eigenvalue weighted by Gasteiger charge is -2.41. The topological polar surface area (TPSA) is 9.23 Å². The van der Waals surface area contributed by atoms with Gasteiger partial charge in [-0.15, -0.1) is 13.2 Å². The zero-order valence-electron chi connectivity index (χ0n) is 15.4. The second kappa shape index (κ2) is 6.65. The van der Waals surface area contributed by atoms with Gasteiger partial charge in [0, 0.05) is 11.8 Å². The van der Waals surface area contributed by atoms with Gasteiger partial charge in [0.15, 0.2) is 8.32 Å². The van der Waals surface area contributed by atoms with Crippen LogP contribution in [0.2, 0.25) is 18.1 Å². The maximum absolute atomic E-state index is 6.90. The van der Waals surface area contributed by atoms with E-state index in [9.17, 15) is 0 Å². The third-order valence-electron chi connectivity index (χ3n) is 6.65. The van der Waals surface area contributed by atoms with Crippen molar-refractivity contribution in [3.63, 3.8) is 0 Å². The smallest absolute Gasteiger partial charge is 0.192 e. The maximum atomic E-state index is 6.90. The molecule has 5 atom stereocenters. The highest BCUT2D eigenvalue weighted by Crippen LogP contribution is 2.52. The zero-order valence-corrected chi connectivity index (χ0v) is 16.4. The van der Waals surface area contributed by atoms with Crippen LogP contribution in [0.4, 0.5) is 0 Å². The van der Waals surface area contributed by atoms with Gasteiger partial charge in [0.25, 0.3) is 0 Å². The van der Waals surface area contributed by atoms with Gasteiger partial charge in [-0.1, -0.05) is 52.2 Å². The van der Waals surface area contributed by atoms with E-state index in [-0.39, 0.29) is 5.04 Å². The average molecular weight is 321 g/mol. The maximum Gasteiger partial charge on any atom is 0.192 e. The molecule has 0 aliphatic heterocycles. The van der Waals surface area contributed by atoms with E-state index in [0.717, 1.165) is 11.8 Å². The number of rotatable bonds is 4. The summed E-state index contributed by atoms with van der Waals surface area (Å²) < 4.78 is 6.90. The lowest BCUT2D eigenvalue weighted by molar-refractivity contribution is 0.122. The largest absolute Gasteiger partial charge is 0.413 e. The van der Waals surface area contributed by atoms with Crippen LogP contribution in [-0.2, 0) is 4.43 Å². The minimum atomic E-state index is -1.76. The van der Waals surface area contributed by atoms with Crippen molar-refractivity contribution in [2.24, 2.45) is 23.7 Å². The van der Waals surface area contributed by atoms with E-state index in [1.54, 1.807) is 0 Å². The molecular formula is C20H36OSi. The monoisotopic (exact) mass is 320 g/mol. The SMILES string of the molecule is C=C[C@@H]1C(O[Si](C)(C)C(C)(C)C)[C@H](C=C)[C@@H]2CCCCC[C@@H]21. The first-order valence-electron chi connectivity index (χ1n) is 9.16. The van der Waals surface area contributed by atoms with Gasteiger partial charge in [0.1, 0.15) is 0 Å². The van der Waals surface area contributed by atoms with Gasteiger partial charge in [-0.3, -0.25) is 0 Å². The van der Waals surface area contributed by atoms with E-state index >= 15 is 0 Å². The molecule has 0 bridgehead atoms. The van der Waals surface area contributed by atoms with E-state index in [2.05, 4.69) is 59.2 Å². The van der Waals surface area contributed by atoms with Crippen LogP contribution in [0.15, 0.2) is 25.3 Å². The van der Waals surface area contributed by atoms with Crippen LogP contribution in [-0.4, -0.2) is 14.4 Å². The molecule has 0 aromatic heterocycles. The molecule has 0 N–H and O–H groups in total. The Hall–Kier alpha value is -0.343. The molecule has 0 heterocycles. The van der Waals surface area contributed by atoms with Gasteiger partial charge in [-0.25, -0.2) is 0 Å². The molecule has 2 saturated carbocycles. The molecule has 2 heteroatoms. The summed E-state index contributed by atoms with van der Waals surface area (Å²) in [6.45, 7) is 20.1. The van der Waals surface area contributed by atoms with E-state index in [4.69, 9.17) is 4.43 Å². The summed E-state index contributed by atoms with van der Waals surface area (Å²) in [7, 11) is -1.76. The van der Waals surface area contributed by atoms with Crippen molar-refractivity contribution in [1.82, 2.24) is 0 Å². The molecule has 0 radical (unpaired) electrons. The van der Waals surface area contributed by atoms with Crippen molar-refractivity contribution < 1.29 is 4.43 Å². The summed E-state index contributed by atoms with van der Waals surface area (Å²) in [5.74, 6) is 2.55. The molecule has 0 saturated heterocycles. The zero-order chi connectivity index (χ0) is 16.5. The molecule has 2 aliphatic rings. The quantitative estimate of drug-likeness (QED) is 0.443. The van der Waals surface area contributed by atoms with Crippen LogP contribution in [0.5, 0.6) is 0 Å². The average Bonchev–Trinajstić information content (AvgIpc) is 2.57. The Bertz CT molecular complexity index is 382. The molecule has 0 amide bonds. The standard InChI is InChI=1S/C20H36OSi/c1-8-15-17-13-11-10-12-14-18(17)16(9-2)19(15)21-22(6,7)20(3,4)5/h8-9,15-19H,1-2,10-14H2,3-7H3/t15-,16+,17+,18-,19?. The lowest BCUT2D eigenvalue weighted by Crippen LogP contribution is -2.46. The van der Waals surface area contributed by atoms with E-state index in [0.29, 0.717) is 17.9 Å². The third kappa shape index (κ3) is 3.28. The van der Waals surface area contributed by atoms with Crippen LogP contribution in [0.1, 0.15) is 52.9 Å². The Balaban J connectivity index is 2.28. The first kappa shape index (κ1) is 18.0. The van der Waals surface area contributed by atoms with Crippen molar-refractivity contribution >= 4 is 8.32 Å². The van der Waals surface area contributed by atoms with E-state index in [1.165, 1.54) is 32.1 Å². The van der Waals surface area contributed by atoms with Gasteiger partial charge >= 0.3 is 0 Å². The number of hydrogen-bond acceptors (Lipinski definition) is 1. The molecule has 126 valence electrons. The minimum absolute atomic E-state index is 0.259. The molecule has 2 aliphatic carbocycles. The molecule has 2 fully saturated rings. The highest BCUT2D eigenvalue weighted by molar-refractivity contribution is 6.74. The summed E-state index contributed by atoms with van der Waals surface area (Å²) in [5.41, 5.74) is 0. The fourth-order valence-corrected chi connectivity index (χ4v) is 5.70. The van der Waals surface area contributed by atoms with Gasteiger partial charge < -0.3 is 4.43 Å². The van der Waals surface area contributed by atoms with Crippen LogP contribution in [0.25, 0.3) is 0 Å². The second-order valence-electron chi connectivity index (χ2n) is 8.93. The summed E-state index contributed by atoms with van der Waals surface area (Å²) >= 11 is 0. The van der Waals surface area contributed by atoms with Gasteiger partial charge in [0.05, 0.1) is 6.10 Å². The summed E-state index contributed by atoms with van der Waals surface area (Å²) in [6, 6.07) is 0. The first-order valence-corrected chi connectivity index (χ1v) is 12.1. The van der Waals surface area contributed by atoms with Crippen LogP contribution in [0, 0.1) is 23.7 Å². The molecule has 1 nitrogen and oxygen atoms in total. The predicted molar refractivity (Wildman–Crippen MR) is 99.5 cm³/mol. The molecule has 0 aromatic rings.